The summed E-state index contributed by atoms with van der Waals surface area (Å²) in [4.78, 5) is 14.7. The van der Waals surface area contributed by atoms with E-state index in [9.17, 15) is 4.79 Å². The zero-order valence-electron chi connectivity index (χ0n) is 17.3. The van der Waals surface area contributed by atoms with E-state index in [4.69, 9.17) is 4.74 Å². The molecule has 3 rings (SSSR count). The van der Waals surface area contributed by atoms with Crippen molar-refractivity contribution in [2.24, 2.45) is 5.92 Å². The van der Waals surface area contributed by atoms with Crippen molar-refractivity contribution in [1.29, 1.82) is 0 Å². The third-order valence-electron chi connectivity index (χ3n) is 5.00. The van der Waals surface area contributed by atoms with E-state index in [2.05, 4.69) is 51.0 Å². The van der Waals surface area contributed by atoms with Crippen LogP contribution in [-0.4, -0.2) is 53.0 Å². The van der Waals surface area contributed by atoms with Crippen LogP contribution in [0.1, 0.15) is 44.5 Å². The van der Waals surface area contributed by atoms with Crippen molar-refractivity contribution in [2.45, 2.75) is 53.1 Å². The summed E-state index contributed by atoms with van der Waals surface area (Å²) >= 11 is 1.58. The molecule has 28 heavy (non-hydrogen) atoms. The Kier molecular flexibility index (Phi) is 7.07. The van der Waals surface area contributed by atoms with Gasteiger partial charge in [-0.2, -0.15) is 0 Å². The van der Waals surface area contributed by atoms with Gasteiger partial charge in [0.2, 0.25) is 16.2 Å². The largest absolute Gasteiger partial charge is 0.379 e. The van der Waals surface area contributed by atoms with Crippen LogP contribution >= 0.6 is 11.3 Å². The van der Waals surface area contributed by atoms with Crippen LogP contribution in [0.5, 0.6) is 0 Å². The summed E-state index contributed by atoms with van der Waals surface area (Å²) in [5.41, 5.74) is 2.30. The summed E-state index contributed by atoms with van der Waals surface area (Å²) in [5.74, 6) is 0.137. The number of ether oxygens (including phenoxy) is 1. The van der Waals surface area contributed by atoms with Crippen LogP contribution in [-0.2, 0) is 9.53 Å². The maximum absolute atomic E-state index is 12.5. The van der Waals surface area contributed by atoms with E-state index in [1.54, 1.807) is 11.3 Å². The lowest BCUT2D eigenvalue weighted by Crippen LogP contribution is -2.43. The Labute approximate surface area is 171 Å². The molecule has 8 heteroatoms. The molecule has 1 amide bonds. The zero-order valence-corrected chi connectivity index (χ0v) is 18.1. The molecule has 1 atom stereocenters. The van der Waals surface area contributed by atoms with Gasteiger partial charge in [0.15, 0.2) is 0 Å². The summed E-state index contributed by atoms with van der Waals surface area (Å²) in [6, 6.07) is 4.17. The van der Waals surface area contributed by atoms with Gasteiger partial charge in [-0.05, 0) is 59.1 Å². The van der Waals surface area contributed by atoms with Gasteiger partial charge in [-0.15, -0.1) is 10.2 Å². The van der Waals surface area contributed by atoms with Crippen molar-refractivity contribution in [3.63, 3.8) is 0 Å². The lowest BCUT2D eigenvalue weighted by molar-refractivity contribution is -0.125. The van der Waals surface area contributed by atoms with Crippen molar-refractivity contribution >= 4 is 22.4 Å². The molecular weight excluding hydrogens is 374 g/mol. The predicted molar refractivity (Wildman–Crippen MR) is 112 cm³/mol. The molecular formula is C20H31N5O2S. The van der Waals surface area contributed by atoms with Gasteiger partial charge >= 0.3 is 0 Å². The molecule has 3 heterocycles. The molecule has 1 aliphatic rings. The number of amides is 1. The van der Waals surface area contributed by atoms with Gasteiger partial charge < -0.3 is 15.0 Å². The average Bonchev–Trinajstić information content (AvgIpc) is 3.27. The molecule has 1 saturated heterocycles. The Bertz CT molecular complexity index is 766. The van der Waals surface area contributed by atoms with E-state index in [1.165, 1.54) is 0 Å². The Balaban J connectivity index is 1.54. The Morgan fingerprint density at radius 3 is 2.71 bits per heavy atom. The average molecular weight is 406 g/mol. The molecule has 154 valence electrons. The van der Waals surface area contributed by atoms with Crippen molar-refractivity contribution in [3.05, 3.63) is 23.5 Å². The van der Waals surface area contributed by atoms with Gasteiger partial charge in [0.1, 0.15) is 0 Å². The molecule has 0 radical (unpaired) electrons. The molecule has 7 nitrogen and oxygen atoms in total. The van der Waals surface area contributed by atoms with Crippen LogP contribution in [0, 0.1) is 19.8 Å². The maximum atomic E-state index is 12.5. The van der Waals surface area contributed by atoms with Crippen LogP contribution in [0.3, 0.4) is 0 Å². The quantitative estimate of drug-likeness (QED) is 0.683. The van der Waals surface area contributed by atoms with E-state index in [-0.39, 0.29) is 17.9 Å². The van der Waals surface area contributed by atoms with Gasteiger partial charge in [0.25, 0.3) is 0 Å². The molecule has 1 fully saturated rings. The summed E-state index contributed by atoms with van der Waals surface area (Å²) < 4.78 is 7.64. The predicted octanol–water partition coefficient (Wildman–Crippen LogP) is 3.09. The Morgan fingerprint density at radius 2 is 2.00 bits per heavy atom. The standard InChI is InChI=1S/C20H31N5O2S/c1-14(2)27-12-6-10-21-18(26)17-7-5-11-24(13-17)19-22-23-20(28-19)25-15(3)8-9-16(25)4/h8-9,14,17H,5-7,10-13H2,1-4H3,(H,21,26)/t17-/m1/s1. The van der Waals surface area contributed by atoms with Crippen LogP contribution in [0.15, 0.2) is 12.1 Å². The molecule has 0 spiro atoms. The van der Waals surface area contributed by atoms with Crippen LogP contribution in [0.2, 0.25) is 0 Å². The van der Waals surface area contributed by atoms with Crippen molar-refractivity contribution in [2.75, 3.05) is 31.1 Å². The number of carbonyl (C=O) groups excluding carboxylic acids is 1. The number of rotatable bonds is 8. The highest BCUT2D eigenvalue weighted by Crippen LogP contribution is 2.29. The van der Waals surface area contributed by atoms with Gasteiger partial charge in [0.05, 0.1) is 12.0 Å². The zero-order chi connectivity index (χ0) is 20.1. The fourth-order valence-corrected chi connectivity index (χ4v) is 4.51. The topological polar surface area (TPSA) is 72.3 Å². The minimum atomic E-state index is 0.00201. The first-order valence-corrected chi connectivity index (χ1v) is 10.9. The van der Waals surface area contributed by atoms with Crippen LogP contribution in [0.4, 0.5) is 5.13 Å². The van der Waals surface area contributed by atoms with Crippen molar-refractivity contribution < 1.29 is 9.53 Å². The van der Waals surface area contributed by atoms with Gasteiger partial charge in [-0.3, -0.25) is 9.36 Å². The normalized spacial score (nSPS) is 17.3. The summed E-state index contributed by atoms with van der Waals surface area (Å²) in [6.07, 6.45) is 2.99. The van der Waals surface area contributed by atoms with Gasteiger partial charge in [-0.1, -0.05) is 11.3 Å². The van der Waals surface area contributed by atoms with E-state index in [0.717, 1.165) is 47.5 Å². The highest BCUT2D eigenvalue weighted by molar-refractivity contribution is 7.17. The summed E-state index contributed by atoms with van der Waals surface area (Å²) in [5, 5.41) is 13.6. The number of nitrogens with zero attached hydrogens (tertiary/aromatic N) is 4. The van der Waals surface area contributed by atoms with E-state index >= 15 is 0 Å². The first-order valence-electron chi connectivity index (χ1n) is 10.1. The van der Waals surface area contributed by atoms with E-state index in [1.807, 2.05) is 13.8 Å². The van der Waals surface area contributed by atoms with E-state index < -0.39 is 0 Å². The number of piperidine rings is 1. The first kappa shape index (κ1) is 20.8. The number of anilines is 1. The highest BCUT2D eigenvalue weighted by Gasteiger charge is 2.27. The van der Waals surface area contributed by atoms with E-state index in [0.29, 0.717) is 19.7 Å². The van der Waals surface area contributed by atoms with Crippen molar-refractivity contribution in [1.82, 2.24) is 20.1 Å². The fraction of sp³-hybridized carbons (Fsp3) is 0.650. The summed E-state index contributed by atoms with van der Waals surface area (Å²) in [6.45, 7) is 11.2. The number of carbonyl (C=O) groups is 1. The second-order valence-electron chi connectivity index (χ2n) is 7.67. The SMILES string of the molecule is Cc1ccc(C)n1-c1nnc(N2CCC[C@@H](C(=O)NCCCOC(C)C)C2)s1. The molecule has 1 N–H and O–H groups in total. The first-order chi connectivity index (χ1) is 13.5. The number of aryl methyl sites for hydroxylation is 2. The van der Waals surface area contributed by atoms with Gasteiger partial charge in [0, 0.05) is 37.6 Å². The highest BCUT2D eigenvalue weighted by atomic mass is 32.1. The molecule has 0 unspecified atom stereocenters. The maximum Gasteiger partial charge on any atom is 0.224 e. The third kappa shape index (κ3) is 5.11. The number of hydrogen-bond acceptors (Lipinski definition) is 6. The molecule has 1 aliphatic heterocycles. The van der Waals surface area contributed by atoms with Crippen LogP contribution < -0.4 is 10.2 Å². The smallest absolute Gasteiger partial charge is 0.224 e. The van der Waals surface area contributed by atoms with Crippen molar-refractivity contribution in [3.8, 4) is 5.13 Å². The Morgan fingerprint density at radius 1 is 1.29 bits per heavy atom. The lowest BCUT2D eigenvalue weighted by Gasteiger charge is -2.31. The number of hydrogen-bond donors (Lipinski definition) is 1. The molecule has 0 bridgehead atoms. The van der Waals surface area contributed by atoms with Crippen LogP contribution in [0.25, 0.3) is 5.13 Å². The lowest BCUT2D eigenvalue weighted by atomic mass is 9.97. The molecule has 0 aliphatic carbocycles. The molecule has 2 aromatic rings. The third-order valence-corrected chi connectivity index (χ3v) is 5.97. The van der Waals surface area contributed by atoms with Gasteiger partial charge in [-0.25, -0.2) is 0 Å². The number of nitrogens with one attached hydrogen (secondary N) is 1. The fourth-order valence-electron chi connectivity index (χ4n) is 3.51. The monoisotopic (exact) mass is 405 g/mol. The Hall–Kier alpha value is -1.93. The minimum Gasteiger partial charge on any atom is -0.379 e. The number of aromatic nitrogens is 3. The second kappa shape index (κ2) is 9.52. The minimum absolute atomic E-state index is 0.00201. The molecule has 2 aromatic heterocycles. The summed E-state index contributed by atoms with van der Waals surface area (Å²) in [7, 11) is 0. The molecule has 0 saturated carbocycles. The second-order valence-corrected chi connectivity index (χ2v) is 8.60. The molecule has 0 aromatic carbocycles.